The van der Waals surface area contributed by atoms with Crippen LogP contribution in [0.3, 0.4) is 0 Å². The Morgan fingerprint density at radius 3 is 2.44 bits per heavy atom. The van der Waals surface area contributed by atoms with E-state index in [1.165, 1.54) is 5.56 Å². The van der Waals surface area contributed by atoms with Crippen molar-refractivity contribution in [2.24, 2.45) is 5.92 Å². The zero-order valence-corrected chi connectivity index (χ0v) is 15.6. The summed E-state index contributed by atoms with van der Waals surface area (Å²) in [5, 5.41) is 8.62. The van der Waals surface area contributed by atoms with Crippen molar-refractivity contribution in [3.8, 4) is 5.82 Å². The Labute approximate surface area is 148 Å². The molecular formula is C20H24N4O. The van der Waals surface area contributed by atoms with Gasteiger partial charge in [0.25, 0.3) is 0 Å². The van der Waals surface area contributed by atoms with Crippen LogP contribution in [0.1, 0.15) is 36.2 Å². The average molecular weight is 336 g/mol. The first-order chi connectivity index (χ1) is 11.8. The molecule has 0 saturated heterocycles. The SMILES string of the molecule is Cc1cc(C)c2nc(-n3nc(C)cc3NC(=O)C(C)C)cc(C)c2c1. The molecule has 0 spiro atoms. The number of hydrogen-bond donors (Lipinski definition) is 1. The lowest BCUT2D eigenvalue weighted by atomic mass is 10.0. The molecule has 0 fully saturated rings. The van der Waals surface area contributed by atoms with Gasteiger partial charge in [0, 0.05) is 17.4 Å². The largest absolute Gasteiger partial charge is 0.310 e. The van der Waals surface area contributed by atoms with Crippen LogP contribution in [0.25, 0.3) is 16.7 Å². The van der Waals surface area contributed by atoms with Crippen molar-refractivity contribution in [3.05, 3.63) is 46.6 Å². The molecule has 5 nitrogen and oxygen atoms in total. The molecule has 1 aromatic carbocycles. The third kappa shape index (κ3) is 3.27. The Balaban J connectivity index is 2.16. The first-order valence-electron chi connectivity index (χ1n) is 8.52. The molecule has 0 atom stereocenters. The summed E-state index contributed by atoms with van der Waals surface area (Å²) in [6, 6.07) is 8.17. The number of benzene rings is 1. The molecule has 0 saturated carbocycles. The zero-order chi connectivity index (χ0) is 18.3. The first-order valence-corrected chi connectivity index (χ1v) is 8.52. The van der Waals surface area contributed by atoms with Gasteiger partial charge in [-0.05, 0) is 51.0 Å². The zero-order valence-electron chi connectivity index (χ0n) is 15.6. The quantitative estimate of drug-likeness (QED) is 0.778. The molecule has 25 heavy (non-hydrogen) atoms. The summed E-state index contributed by atoms with van der Waals surface area (Å²) in [7, 11) is 0. The number of pyridine rings is 1. The summed E-state index contributed by atoms with van der Waals surface area (Å²) in [6.45, 7) is 11.9. The summed E-state index contributed by atoms with van der Waals surface area (Å²) in [4.78, 5) is 16.9. The molecule has 0 aliphatic heterocycles. The van der Waals surface area contributed by atoms with Gasteiger partial charge in [-0.2, -0.15) is 9.78 Å². The van der Waals surface area contributed by atoms with Crippen molar-refractivity contribution in [1.82, 2.24) is 14.8 Å². The smallest absolute Gasteiger partial charge is 0.228 e. The maximum Gasteiger partial charge on any atom is 0.228 e. The standard InChI is InChI=1S/C20H24N4O/c1-11(2)20(25)22-18-10-15(6)23-24(18)17-9-13(4)16-8-12(3)7-14(5)19(16)21-17/h7-11H,1-6H3,(H,22,25). The van der Waals surface area contributed by atoms with Crippen LogP contribution in [0, 0.1) is 33.6 Å². The van der Waals surface area contributed by atoms with Gasteiger partial charge in [0.15, 0.2) is 5.82 Å². The predicted octanol–water partition coefficient (Wildman–Crippen LogP) is 4.25. The minimum Gasteiger partial charge on any atom is -0.310 e. The molecule has 0 aliphatic rings. The van der Waals surface area contributed by atoms with Crippen molar-refractivity contribution in [1.29, 1.82) is 0 Å². The molecular weight excluding hydrogens is 312 g/mol. The van der Waals surface area contributed by atoms with Crippen LogP contribution >= 0.6 is 0 Å². The van der Waals surface area contributed by atoms with Crippen LogP contribution < -0.4 is 5.32 Å². The van der Waals surface area contributed by atoms with Gasteiger partial charge in [-0.25, -0.2) is 4.98 Å². The van der Waals surface area contributed by atoms with Crippen LogP contribution in [0.4, 0.5) is 5.82 Å². The number of hydrogen-bond acceptors (Lipinski definition) is 3. The number of amides is 1. The fourth-order valence-electron chi connectivity index (χ4n) is 2.97. The molecule has 0 unspecified atom stereocenters. The van der Waals surface area contributed by atoms with Crippen molar-refractivity contribution >= 4 is 22.6 Å². The fourth-order valence-corrected chi connectivity index (χ4v) is 2.97. The van der Waals surface area contributed by atoms with Gasteiger partial charge >= 0.3 is 0 Å². The van der Waals surface area contributed by atoms with E-state index in [1.54, 1.807) is 4.68 Å². The lowest BCUT2D eigenvalue weighted by molar-refractivity contribution is -0.118. The van der Waals surface area contributed by atoms with Crippen molar-refractivity contribution < 1.29 is 4.79 Å². The summed E-state index contributed by atoms with van der Waals surface area (Å²) in [5.74, 6) is 1.22. The van der Waals surface area contributed by atoms with Crippen LogP contribution in [0.5, 0.6) is 0 Å². The number of carbonyl (C=O) groups excluding carboxylic acids is 1. The first kappa shape index (κ1) is 17.1. The molecule has 5 heteroatoms. The molecule has 130 valence electrons. The van der Waals surface area contributed by atoms with E-state index in [0.29, 0.717) is 11.6 Å². The topological polar surface area (TPSA) is 59.8 Å². The highest BCUT2D eigenvalue weighted by molar-refractivity contribution is 5.92. The highest BCUT2D eigenvalue weighted by Gasteiger charge is 2.15. The molecule has 1 amide bonds. The van der Waals surface area contributed by atoms with E-state index in [9.17, 15) is 4.79 Å². The van der Waals surface area contributed by atoms with E-state index >= 15 is 0 Å². The Hall–Kier alpha value is -2.69. The summed E-state index contributed by atoms with van der Waals surface area (Å²) in [5.41, 5.74) is 5.30. The van der Waals surface area contributed by atoms with E-state index in [-0.39, 0.29) is 11.8 Å². The normalized spacial score (nSPS) is 11.3. The molecule has 2 aromatic heterocycles. The molecule has 1 N–H and O–H groups in total. The lowest BCUT2D eigenvalue weighted by Gasteiger charge is -2.13. The Bertz CT molecular complexity index is 969. The maximum atomic E-state index is 12.1. The van der Waals surface area contributed by atoms with Gasteiger partial charge < -0.3 is 5.32 Å². The second-order valence-corrected chi connectivity index (χ2v) is 7.00. The lowest BCUT2D eigenvalue weighted by Crippen LogP contribution is -2.20. The molecule has 3 aromatic rings. The molecule has 3 rings (SSSR count). The molecule has 2 heterocycles. The van der Waals surface area contributed by atoms with Gasteiger partial charge in [0.05, 0.1) is 11.2 Å². The number of aryl methyl sites for hydroxylation is 4. The third-order valence-electron chi connectivity index (χ3n) is 4.27. The number of rotatable bonds is 3. The summed E-state index contributed by atoms with van der Waals surface area (Å²) < 4.78 is 1.71. The maximum absolute atomic E-state index is 12.1. The van der Waals surface area contributed by atoms with E-state index in [4.69, 9.17) is 4.98 Å². The van der Waals surface area contributed by atoms with Crippen LogP contribution in [-0.4, -0.2) is 20.7 Å². The van der Waals surface area contributed by atoms with Crippen molar-refractivity contribution in [2.75, 3.05) is 5.32 Å². The van der Waals surface area contributed by atoms with E-state index in [2.05, 4.69) is 43.3 Å². The van der Waals surface area contributed by atoms with Crippen molar-refractivity contribution in [3.63, 3.8) is 0 Å². The number of anilines is 1. The molecule has 0 aliphatic carbocycles. The van der Waals surface area contributed by atoms with Gasteiger partial charge in [0.1, 0.15) is 5.82 Å². The van der Waals surface area contributed by atoms with Gasteiger partial charge in [-0.1, -0.05) is 25.5 Å². The van der Waals surface area contributed by atoms with Crippen LogP contribution in [-0.2, 0) is 4.79 Å². The second kappa shape index (κ2) is 6.31. The highest BCUT2D eigenvalue weighted by atomic mass is 16.1. The Morgan fingerprint density at radius 2 is 1.76 bits per heavy atom. The number of nitrogens with one attached hydrogen (secondary N) is 1. The number of fused-ring (bicyclic) bond motifs is 1. The Morgan fingerprint density at radius 1 is 1.04 bits per heavy atom. The van der Waals surface area contributed by atoms with Crippen LogP contribution in [0.15, 0.2) is 24.3 Å². The van der Waals surface area contributed by atoms with E-state index in [1.807, 2.05) is 32.9 Å². The predicted molar refractivity (Wildman–Crippen MR) is 101 cm³/mol. The van der Waals surface area contributed by atoms with E-state index < -0.39 is 0 Å². The van der Waals surface area contributed by atoms with Gasteiger partial charge in [-0.3, -0.25) is 4.79 Å². The van der Waals surface area contributed by atoms with Crippen LogP contribution in [0.2, 0.25) is 0 Å². The van der Waals surface area contributed by atoms with Gasteiger partial charge in [-0.15, -0.1) is 0 Å². The summed E-state index contributed by atoms with van der Waals surface area (Å²) in [6.07, 6.45) is 0. The van der Waals surface area contributed by atoms with Crippen molar-refractivity contribution in [2.45, 2.75) is 41.5 Å². The third-order valence-corrected chi connectivity index (χ3v) is 4.27. The number of carbonyl (C=O) groups is 1. The minimum atomic E-state index is -0.0971. The van der Waals surface area contributed by atoms with Gasteiger partial charge in [0.2, 0.25) is 5.91 Å². The van der Waals surface area contributed by atoms with E-state index in [0.717, 1.165) is 27.7 Å². The molecule has 0 bridgehead atoms. The highest BCUT2D eigenvalue weighted by Crippen LogP contribution is 2.26. The number of nitrogens with zero attached hydrogens (tertiary/aromatic N) is 3. The number of aromatic nitrogens is 3. The fraction of sp³-hybridized carbons (Fsp3) is 0.350. The second-order valence-electron chi connectivity index (χ2n) is 7.00. The summed E-state index contributed by atoms with van der Waals surface area (Å²) >= 11 is 0. The monoisotopic (exact) mass is 336 g/mol. The molecule has 0 radical (unpaired) electrons. The average Bonchev–Trinajstić information content (AvgIpc) is 2.88. The Kier molecular flexibility index (Phi) is 4.33. The minimum absolute atomic E-state index is 0.0366.